The van der Waals surface area contributed by atoms with Gasteiger partial charge in [-0.2, -0.15) is 11.8 Å². The normalized spacial score (nSPS) is 12.3. The van der Waals surface area contributed by atoms with Crippen LogP contribution in [-0.4, -0.2) is 52.6 Å². The highest BCUT2D eigenvalue weighted by Gasteiger charge is 2.24. The number of thioether (sulfide) groups is 1. The van der Waals surface area contributed by atoms with Gasteiger partial charge in [-0.05, 0) is 36.6 Å². The molecule has 1 rings (SSSR count). The summed E-state index contributed by atoms with van der Waals surface area (Å²) >= 11 is 1.51. The van der Waals surface area contributed by atoms with Gasteiger partial charge in [-0.25, -0.2) is 18.4 Å². The first kappa shape index (κ1) is 20.3. The fourth-order valence-electron chi connectivity index (χ4n) is 1.90. The summed E-state index contributed by atoms with van der Waals surface area (Å²) in [4.78, 5) is 24.0. The molecule has 1 atom stereocenters. The van der Waals surface area contributed by atoms with E-state index in [2.05, 4.69) is 10.1 Å². The summed E-state index contributed by atoms with van der Waals surface area (Å²) in [5, 5.41) is 7.61. The van der Waals surface area contributed by atoms with Gasteiger partial charge in [-0.1, -0.05) is 0 Å². The monoisotopic (exact) mass is 376 g/mol. The lowest BCUT2D eigenvalue weighted by molar-refractivity contribution is -0.142. The van der Waals surface area contributed by atoms with Crippen LogP contribution in [0.25, 0.3) is 0 Å². The molecular weight excluding hydrogens is 356 g/mol. The molecule has 0 heterocycles. The van der Waals surface area contributed by atoms with Gasteiger partial charge < -0.3 is 14.8 Å². The van der Waals surface area contributed by atoms with Crippen LogP contribution >= 0.6 is 11.8 Å². The highest BCUT2D eigenvalue weighted by molar-refractivity contribution is 7.98. The Morgan fingerprint density at radius 2 is 2.00 bits per heavy atom. The SMILES string of the molecule is COC(=O)[C@H](CCSC)NC(=O)c1cc(S(N)(=O)=O)ccc1OC. The maximum atomic E-state index is 12.5. The number of amides is 1. The van der Waals surface area contributed by atoms with Crippen molar-refractivity contribution in [3.8, 4) is 5.75 Å². The number of hydrogen-bond donors (Lipinski definition) is 2. The van der Waals surface area contributed by atoms with E-state index in [0.717, 1.165) is 6.07 Å². The number of ether oxygens (including phenoxy) is 2. The zero-order chi connectivity index (χ0) is 18.3. The maximum absolute atomic E-state index is 12.5. The number of sulfonamides is 1. The van der Waals surface area contributed by atoms with Crippen molar-refractivity contribution in [3.63, 3.8) is 0 Å². The molecule has 0 aromatic heterocycles. The highest BCUT2D eigenvalue weighted by Crippen LogP contribution is 2.22. The van der Waals surface area contributed by atoms with Gasteiger partial charge in [0.2, 0.25) is 10.0 Å². The van der Waals surface area contributed by atoms with Crippen molar-refractivity contribution in [1.29, 1.82) is 0 Å². The molecule has 0 radical (unpaired) electrons. The van der Waals surface area contributed by atoms with Crippen molar-refractivity contribution in [3.05, 3.63) is 23.8 Å². The molecule has 10 heteroatoms. The van der Waals surface area contributed by atoms with Crippen LogP contribution in [-0.2, 0) is 19.6 Å². The molecule has 0 saturated heterocycles. The molecule has 0 aliphatic rings. The molecule has 24 heavy (non-hydrogen) atoms. The van der Waals surface area contributed by atoms with E-state index in [9.17, 15) is 18.0 Å². The Labute approximate surface area is 145 Å². The van der Waals surface area contributed by atoms with Crippen molar-refractivity contribution < 1.29 is 27.5 Å². The van der Waals surface area contributed by atoms with E-state index < -0.39 is 27.9 Å². The number of nitrogens with one attached hydrogen (secondary N) is 1. The summed E-state index contributed by atoms with van der Waals surface area (Å²) in [6.45, 7) is 0. The molecular formula is C14H20N2O6S2. The van der Waals surface area contributed by atoms with Crippen LogP contribution in [0.4, 0.5) is 0 Å². The number of carbonyl (C=O) groups is 2. The minimum absolute atomic E-state index is 0.0397. The summed E-state index contributed by atoms with van der Waals surface area (Å²) in [6, 6.07) is 2.81. The smallest absolute Gasteiger partial charge is 0.328 e. The molecule has 3 N–H and O–H groups in total. The van der Waals surface area contributed by atoms with Crippen LogP contribution in [0, 0.1) is 0 Å². The van der Waals surface area contributed by atoms with Crippen LogP contribution in [0.1, 0.15) is 16.8 Å². The van der Waals surface area contributed by atoms with E-state index in [1.807, 2.05) is 6.26 Å². The van der Waals surface area contributed by atoms with Crippen LogP contribution in [0.5, 0.6) is 5.75 Å². The maximum Gasteiger partial charge on any atom is 0.328 e. The molecule has 0 bridgehead atoms. The Hall–Kier alpha value is -1.78. The summed E-state index contributed by atoms with van der Waals surface area (Å²) in [6.07, 6.45) is 2.24. The van der Waals surface area contributed by atoms with Gasteiger partial charge in [0.05, 0.1) is 24.7 Å². The number of carbonyl (C=O) groups excluding carboxylic acids is 2. The van der Waals surface area contributed by atoms with E-state index in [0.29, 0.717) is 12.2 Å². The van der Waals surface area contributed by atoms with E-state index >= 15 is 0 Å². The molecule has 0 saturated carbocycles. The largest absolute Gasteiger partial charge is 0.496 e. The van der Waals surface area contributed by atoms with Crippen LogP contribution in [0.3, 0.4) is 0 Å². The fourth-order valence-corrected chi connectivity index (χ4v) is 2.92. The molecule has 1 aromatic rings. The van der Waals surface area contributed by atoms with Crippen molar-refractivity contribution >= 4 is 33.7 Å². The summed E-state index contributed by atoms with van der Waals surface area (Å²) in [5.74, 6) is -0.449. The summed E-state index contributed by atoms with van der Waals surface area (Å²) < 4.78 is 32.6. The van der Waals surface area contributed by atoms with E-state index in [-0.39, 0.29) is 16.2 Å². The molecule has 1 amide bonds. The van der Waals surface area contributed by atoms with Gasteiger partial charge in [0.1, 0.15) is 11.8 Å². The Morgan fingerprint density at radius 3 is 2.50 bits per heavy atom. The standard InChI is InChI=1S/C14H20N2O6S2/c1-21-12-5-4-9(24(15,19)20)8-10(12)13(17)16-11(6-7-23-3)14(18)22-2/h4-5,8,11H,6-7H2,1-3H3,(H,16,17)(H2,15,19,20)/t11-/m0/s1. The van der Waals surface area contributed by atoms with Crippen LogP contribution < -0.4 is 15.2 Å². The molecule has 134 valence electrons. The number of primary sulfonamides is 1. The second-order valence-corrected chi connectivity index (χ2v) is 7.28. The lowest BCUT2D eigenvalue weighted by Gasteiger charge is -2.17. The molecule has 1 aromatic carbocycles. The number of benzene rings is 1. The number of esters is 1. The van der Waals surface area contributed by atoms with Crippen LogP contribution in [0.2, 0.25) is 0 Å². The summed E-state index contributed by atoms with van der Waals surface area (Å²) in [5.41, 5.74) is -0.0397. The first-order chi connectivity index (χ1) is 11.2. The third kappa shape index (κ3) is 5.39. The Balaban J connectivity index is 3.13. The third-order valence-corrected chi connectivity index (χ3v) is 4.70. The van der Waals surface area contributed by atoms with Gasteiger partial charge in [0.15, 0.2) is 0 Å². The minimum atomic E-state index is -3.98. The van der Waals surface area contributed by atoms with Crippen molar-refractivity contribution in [2.45, 2.75) is 17.4 Å². The van der Waals surface area contributed by atoms with Crippen molar-refractivity contribution in [1.82, 2.24) is 5.32 Å². The first-order valence-electron chi connectivity index (χ1n) is 6.83. The summed E-state index contributed by atoms with van der Waals surface area (Å²) in [7, 11) is -1.41. The average Bonchev–Trinajstić information content (AvgIpc) is 2.56. The van der Waals surface area contributed by atoms with Gasteiger partial charge in [0, 0.05) is 0 Å². The first-order valence-corrected chi connectivity index (χ1v) is 9.77. The molecule has 0 aliphatic carbocycles. The molecule has 8 nitrogen and oxygen atoms in total. The molecule has 0 unspecified atom stereocenters. The van der Waals surface area contributed by atoms with Gasteiger partial charge in [-0.15, -0.1) is 0 Å². The third-order valence-electron chi connectivity index (χ3n) is 3.15. The number of methoxy groups -OCH3 is 2. The highest BCUT2D eigenvalue weighted by atomic mass is 32.2. The lowest BCUT2D eigenvalue weighted by Crippen LogP contribution is -2.42. The van der Waals surface area contributed by atoms with Gasteiger partial charge in [0.25, 0.3) is 5.91 Å². The second kappa shape index (κ2) is 8.90. The number of rotatable bonds is 8. The quantitative estimate of drug-likeness (QED) is 0.628. The molecule has 0 aliphatic heterocycles. The van der Waals surface area contributed by atoms with Crippen LogP contribution in [0.15, 0.2) is 23.1 Å². The minimum Gasteiger partial charge on any atom is -0.496 e. The number of nitrogens with two attached hydrogens (primary N) is 1. The molecule has 0 fully saturated rings. The second-order valence-electron chi connectivity index (χ2n) is 4.74. The zero-order valence-electron chi connectivity index (χ0n) is 13.6. The van der Waals surface area contributed by atoms with E-state index in [4.69, 9.17) is 9.88 Å². The predicted octanol–water partition coefficient (Wildman–Crippen LogP) is 0.367. The average molecular weight is 376 g/mol. The molecule has 0 spiro atoms. The van der Waals surface area contributed by atoms with Crippen molar-refractivity contribution in [2.24, 2.45) is 5.14 Å². The number of hydrogen-bond acceptors (Lipinski definition) is 7. The van der Waals surface area contributed by atoms with E-state index in [1.54, 1.807) is 0 Å². The van der Waals surface area contributed by atoms with Gasteiger partial charge in [-0.3, -0.25) is 4.79 Å². The predicted molar refractivity (Wildman–Crippen MR) is 90.6 cm³/mol. The van der Waals surface area contributed by atoms with Gasteiger partial charge >= 0.3 is 5.97 Å². The fraction of sp³-hybridized carbons (Fsp3) is 0.429. The Kier molecular flexibility index (Phi) is 7.52. The van der Waals surface area contributed by atoms with Crippen molar-refractivity contribution in [2.75, 3.05) is 26.2 Å². The van der Waals surface area contributed by atoms with E-state index in [1.165, 1.54) is 38.1 Å². The topological polar surface area (TPSA) is 125 Å². The Bertz CT molecular complexity index is 705. The zero-order valence-corrected chi connectivity index (χ0v) is 15.2. The lowest BCUT2D eigenvalue weighted by atomic mass is 10.1. The Morgan fingerprint density at radius 1 is 1.33 bits per heavy atom.